The number of benzene rings is 1. The van der Waals surface area contributed by atoms with Gasteiger partial charge in [-0.1, -0.05) is 22.0 Å². The third-order valence-electron chi connectivity index (χ3n) is 6.22. The molecule has 0 amide bonds. The first-order valence-corrected chi connectivity index (χ1v) is 12.0. The average molecular weight is 518 g/mol. The lowest BCUT2D eigenvalue weighted by Gasteiger charge is -2.28. The molecular weight excluding hydrogens is 494 g/mol. The van der Waals surface area contributed by atoms with Crippen LogP contribution in [0.15, 0.2) is 83.7 Å². The van der Waals surface area contributed by atoms with E-state index in [0.717, 1.165) is 22.4 Å². The number of hydrogen-bond donors (Lipinski definition) is 1. The fraction of sp³-hybridized carbons (Fsp3) is 0.192. The van der Waals surface area contributed by atoms with E-state index in [1.807, 2.05) is 30.7 Å². The molecule has 0 saturated carbocycles. The molecule has 0 spiro atoms. The van der Waals surface area contributed by atoms with Crippen LogP contribution in [0.2, 0.25) is 0 Å². The molecule has 0 radical (unpaired) electrons. The minimum atomic E-state index is -0.0581. The van der Waals surface area contributed by atoms with E-state index in [1.165, 1.54) is 22.5 Å². The number of anilines is 1. The molecular formula is C26H24BrN5S. The van der Waals surface area contributed by atoms with Crippen LogP contribution in [-0.2, 0) is 6.54 Å². The molecule has 1 aliphatic heterocycles. The van der Waals surface area contributed by atoms with Crippen molar-refractivity contribution in [1.29, 1.82) is 0 Å². The van der Waals surface area contributed by atoms with Gasteiger partial charge in [0.05, 0.1) is 17.8 Å². The molecule has 5 nitrogen and oxygen atoms in total. The summed E-state index contributed by atoms with van der Waals surface area (Å²) in [6.07, 6.45) is 5.53. The lowest BCUT2D eigenvalue weighted by atomic mass is 9.96. The summed E-state index contributed by atoms with van der Waals surface area (Å²) in [7, 11) is 0. The number of pyridine rings is 2. The molecule has 4 heterocycles. The number of halogens is 1. The van der Waals surface area contributed by atoms with Crippen LogP contribution >= 0.6 is 28.1 Å². The number of nitrogens with one attached hydrogen (secondary N) is 1. The maximum atomic E-state index is 5.86. The lowest BCUT2D eigenvalue weighted by Crippen LogP contribution is -2.29. The van der Waals surface area contributed by atoms with Gasteiger partial charge in [0, 0.05) is 46.7 Å². The highest BCUT2D eigenvalue weighted by Crippen LogP contribution is 2.43. The Hall–Kier alpha value is -3.03. The molecule has 0 unspecified atom stereocenters. The summed E-state index contributed by atoms with van der Waals surface area (Å²) in [5.41, 5.74) is 6.94. The molecule has 1 aliphatic rings. The smallest absolute Gasteiger partial charge is 0.174 e. The number of aromatic nitrogens is 3. The van der Waals surface area contributed by atoms with Crippen molar-refractivity contribution in [3.63, 3.8) is 0 Å². The van der Waals surface area contributed by atoms with Crippen molar-refractivity contribution in [3.05, 3.63) is 112 Å². The van der Waals surface area contributed by atoms with E-state index in [2.05, 4.69) is 103 Å². The second-order valence-electron chi connectivity index (χ2n) is 8.24. The van der Waals surface area contributed by atoms with E-state index in [0.29, 0.717) is 5.11 Å². The Bertz CT molecular complexity index is 1270. The van der Waals surface area contributed by atoms with E-state index >= 15 is 0 Å². The van der Waals surface area contributed by atoms with Crippen LogP contribution in [-0.4, -0.2) is 19.6 Å². The van der Waals surface area contributed by atoms with Gasteiger partial charge in [-0.2, -0.15) is 0 Å². The molecule has 1 N–H and O–H groups in total. The Kier molecular flexibility index (Phi) is 6.00. The van der Waals surface area contributed by atoms with Gasteiger partial charge >= 0.3 is 0 Å². The second kappa shape index (κ2) is 9.08. The number of nitrogens with zero attached hydrogens (tertiary/aromatic N) is 4. The third kappa shape index (κ3) is 4.18. The fourth-order valence-corrected chi connectivity index (χ4v) is 5.20. The van der Waals surface area contributed by atoms with Crippen LogP contribution in [0.5, 0.6) is 0 Å². The minimum Gasteiger partial charge on any atom is -0.351 e. The van der Waals surface area contributed by atoms with Gasteiger partial charge in [-0.05, 0) is 91.8 Å². The zero-order chi connectivity index (χ0) is 22.9. The highest BCUT2D eigenvalue weighted by Gasteiger charge is 2.42. The van der Waals surface area contributed by atoms with Gasteiger partial charge < -0.3 is 14.8 Å². The van der Waals surface area contributed by atoms with Crippen molar-refractivity contribution in [3.8, 4) is 0 Å². The van der Waals surface area contributed by atoms with Gasteiger partial charge in [0.2, 0.25) is 0 Å². The van der Waals surface area contributed by atoms with E-state index < -0.39 is 0 Å². The van der Waals surface area contributed by atoms with Gasteiger partial charge in [-0.25, -0.2) is 0 Å². The molecule has 0 aliphatic carbocycles. The first-order chi connectivity index (χ1) is 16.0. The summed E-state index contributed by atoms with van der Waals surface area (Å²) in [4.78, 5) is 11.0. The molecule has 2 atom stereocenters. The molecule has 7 heteroatoms. The number of rotatable bonds is 5. The first kappa shape index (κ1) is 21.8. The summed E-state index contributed by atoms with van der Waals surface area (Å²) < 4.78 is 3.40. The summed E-state index contributed by atoms with van der Waals surface area (Å²) in [5, 5.41) is 4.26. The highest BCUT2D eigenvalue weighted by molar-refractivity contribution is 9.10. The van der Waals surface area contributed by atoms with E-state index in [9.17, 15) is 0 Å². The molecule has 1 fully saturated rings. The second-order valence-corrected chi connectivity index (χ2v) is 9.54. The van der Waals surface area contributed by atoms with E-state index in [-0.39, 0.29) is 12.1 Å². The number of aryl methyl sites for hydroxylation is 1. The number of hydrogen-bond acceptors (Lipinski definition) is 3. The zero-order valence-electron chi connectivity index (χ0n) is 18.4. The van der Waals surface area contributed by atoms with Gasteiger partial charge in [0.1, 0.15) is 0 Å². The molecule has 0 bridgehead atoms. The highest BCUT2D eigenvalue weighted by atomic mass is 79.9. The van der Waals surface area contributed by atoms with E-state index in [1.54, 1.807) is 0 Å². The fourth-order valence-electron chi connectivity index (χ4n) is 4.59. The van der Waals surface area contributed by atoms with Crippen LogP contribution in [0.25, 0.3) is 0 Å². The molecule has 1 aromatic carbocycles. The van der Waals surface area contributed by atoms with Crippen molar-refractivity contribution < 1.29 is 0 Å². The predicted molar refractivity (Wildman–Crippen MR) is 139 cm³/mol. The predicted octanol–water partition coefficient (Wildman–Crippen LogP) is 5.88. The topological polar surface area (TPSA) is 46.0 Å². The van der Waals surface area contributed by atoms with Crippen LogP contribution < -0.4 is 10.2 Å². The monoisotopic (exact) mass is 517 g/mol. The summed E-state index contributed by atoms with van der Waals surface area (Å²) in [6.45, 7) is 5.16. The normalized spacial score (nSPS) is 17.9. The van der Waals surface area contributed by atoms with E-state index in [4.69, 9.17) is 12.2 Å². The molecule has 4 aromatic rings. The first-order valence-electron chi connectivity index (χ1n) is 10.8. The Morgan fingerprint density at radius 2 is 1.76 bits per heavy atom. The third-order valence-corrected chi connectivity index (χ3v) is 7.07. The number of thiocarbonyl (C=S) groups is 1. The Labute approximate surface area is 207 Å². The largest absolute Gasteiger partial charge is 0.351 e. The molecule has 1 saturated heterocycles. The molecule has 3 aromatic heterocycles. The van der Waals surface area contributed by atoms with Crippen molar-refractivity contribution >= 4 is 38.9 Å². The van der Waals surface area contributed by atoms with Crippen LogP contribution in [0, 0.1) is 13.8 Å². The Morgan fingerprint density at radius 3 is 2.45 bits per heavy atom. The molecule has 166 valence electrons. The Balaban J connectivity index is 1.62. The molecule has 5 rings (SSSR count). The van der Waals surface area contributed by atoms with Crippen LogP contribution in [0.4, 0.5) is 5.69 Å². The van der Waals surface area contributed by atoms with Gasteiger partial charge in [0.15, 0.2) is 5.11 Å². The zero-order valence-corrected chi connectivity index (χ0v) is 20.8. The van der Waals surface area contributed by atoms with Gasteiger partial charge in [-0.15, -0.1) is 0 Å². The van der Waals surface area contributed by atoms with Crippen molar-refractivity contribution in [2.45, 2.75) is 32.5 Å². The molecule has 33 heavy (non-hydrogen) atoms. The van der Waals surface area contributed by atoms with Crippen molar-refractivity contribution in [2.24, 2.45) is 0 Å². The van der Waals surface area contributed by atoms with Gasteiger partial charge in [-0.3, -0.25) is 9.97 Å². The van der Waals surface area contributed by atoms with Crippen LogP contribution in [0.1, 0.15) is 40.3 Å². The quantitative estimate of drug-likeness (QED) is 0.334. The summed E-state index contributed by atoms with van der Waals surface area (Å²) in [5.74, 6) is 0. The lowest BCUT2D eigenvalue weighted by molar-refractivity contribution is 0.563. The average Bonchev–Trinajstić information content (AvgIpc) is 3.32. The van der Waals surface area contributed by atoms with Gasteiger partial charge in [0.25, 0.3) is 0 Å². The maximum Gasteiger partial charge on any atom is 0.174 e. The summed E-state index contributed by atoms with van der Waals surface area (Å²) in [6, 6.07) is 20.7. The standard InChI is InChI=1S/C26H24BrN5S/c1-17-15-22(18(2)31(17)16-19-10-13-28-14-11-19)25-24(23-5-3-4-12-29-23)30-26(33)32(25)21-8-6-20(27)7-9-21/h3-15,24-25H,16H2,1-2H3,(H,30,33)/t24-,25-/m1/s1. The van der Waals surface area contributed by atoms with Crippen molar-refractivity contribution in [2.75, 3.05) is 4.90 Å². The maximum absolute atomic E-state index is 5.86. The summed E-state index contributed by atoms with van der Waals surface area (Å²) >= 11 is 9.41. The SMILES string of the molecule is Cc1cc([C@@H]2[C@@H](c3ccccn3)NC(=S)N2c2ccc(Br)cc2)c(C)n1Cc1ccncc1. The van der Waals surface area contributed by atoms with Crippen LogP contribution in [0.3, 0.4) is 0 Å². The van der Waals surface area contributed by atoms with Crippen molar-refractivity contribution in [1.82, 2.24) is 19.9 Å². The minimum absolute atomic E-state index is 0.0223. The Morgan fingerprint density at radius 1 is 1.00 bits per heavy atom.